The zero-order valence-corrected chi connectivity index (χ0v) is 15.3. The number of rotatable bonds is 3. The SMILES string of the molecule is O=CN(c1cc(Cl)cc2c1O[C@H]1CCC[C@@H]2C1)[C@@H]1CN2CCC1CC2. The first-order chi connectivity index (χ1) is 12.2. The summed E-state index contributed by atoms with van der Waals surface area (Å²) in [6.07, 6.45) is 8.31. The summed E-state index contributed by atoms with van der Waals surface area (Å²) < 4.78 is 6.37. The Morgan fingerprint density at radius 1 is 1.20 bits per heavy atom. The van der Waals surface area contributed by atoms with Crippen LogP contribution in [0, 0.1) is 5.92 Å². The van der Waals surface area contributed by atoms with E-state index in [1.807, 2.05) is 11.0 Å². The number of fused-ring (bicyclic) bond motifs is 7. The molecule has 5 aliphatic rings. The van der Waals surface area contributed by atoms with Crippen LogP contribution in [0.4, 0.5) is 5.69 Å². The molecule has 134 valence electrons. The highest BCUT2D eigenvalue weighted by Gasteiger charge is 2.40. The lowest BCUT2D eigenvalue weighted by atomic mass is 9.79. The Labute approximate surface area is 154 Å². The molecular weight excluding hydrogens is 336 g/mol. The first kappa shape index (κ1) is 16.0. The molecule has 1 aromatic carbocycles. The number of benzene rings is 1. The third kappa shape index (κ3) is 2.65. The van der Waals surface area contributed by atoms with Gasteiger partial charge in [-0.2, -0.15) is 0 Å². The predicted molar refractivity (Wildman–Crippen MR) is 98.6 cm³/mol. The van der Waals surface area contributed by atoms with Gasteiger partial charge in [0.1, 0.15) is 5.75 Å². The van der Waals surface area contributed by atoms with Gasteiger partial charge in [0.05, 0.1) is 17.8 Å². The molecule has 25 heavy (non-hydrogen) atoms. The molecule has 0 aromatic heterocycles. The third-order valence-electron chi connectivity index (χ3n) is 6.78. The largest absolute Gasteiger partial charge is 0.488 e. The van der Waals surface area contributed by atoms with Crippen molar-refractivity contribution in [2.24, 2.45) is 5.92 Å². The molecule has 0 N–H and O–H groups in total. The third-order valence-corrected chi connectivity index (χ3v) is 7.00. The summed E-state index contributed by atoms with van der Waals surface area (Å²) >= 11 is 6.47. The molecule has 0 unspecified atom stereocenters. The van der Waals surface area contributed by atoms with Gasteiger partial charge in [-0.1, -0.05) is 11.6 Å². The topological polar surface area (TPSA) is 32.8 Å². The zero-order chi connectivity index (χ0) is 17.0. The van der Waals surface area contributed by atoms with Crippen molar-refractivity contribution in [2.45, 2.75) is 56.6 Å². The van der Waals surface area contributed by atoms with E-state index < -0.39 is 0 Å². The molecule has 4 heterocycles. The Kier molecular flexibility index (Phi) is 3.94. The number of hydrogen-bond donors (Lipinski definition) is 0. The lowest BCUT2D eigenvalue weighted by Crippen LogP contribution is -2.57. The first-order valence-corrected chi connectivity index (χ1v) is 10.1. The maximum atomic E-state index is 12.1. The van der Waals surface area contributed by atoms with Crippen LogP contribution in [0.2, 0.25) is 5.02 Å². The van der Waals surface area contributed by atoms with Crippen LogP contribution in [0.3, 0.4) is 0 Å². The second-order valence-corrected chi connectivity index (χ2v) is 8.60. The molecule has 4 fully saturated rings. The van der Waals surface area contributed by atoms with Gasteiger partial charge in [0.25, 0.3) is 0 Å². The molecular formula is C20H25ClN2O2. The molecule has 6 rings (SSSR count). The van der Waals surface area contributed by atoms with Crippen LogP contribution in [-0.2, 0) is 4.79 Å². The van der Waals surface area contributed by atoms with Crippen LogP contribution in [0.1, 0.15) is 50.0 Å². The molecule has 1 aliphatic carbocycles. The number of hydrogen-bond acceptors (Lipinski definition) is 3. The van der Waals surface area contributed by atoms with Crippen molar-refractivity contribution in [3.63, 3.8) is 0 Å². The highest BCUT2D eigenvalue weighted by atomic mass is 35.5. The monoisotopic (exact) mass is 360 g/mol. The summed E-state index contributed by atoms with van der Waals surface area (Å²) in [6, 6.07) is 4.24. The average Bonchev–Trinajstić information content (AvgIpc) is 2.65. The number of halogens is 1. The Morgan fingerprint density at radius 2 is 2.04 bits per heavy atom. The molecule has 5 heteroatoms. The highest BCUT2D eigenvalue weighted by molar-refractivity contribution is 6.31. The first-order valence-electron chi connectivity index (χ1n) is 9.69. The van der Waals surface area contributed by atoms with Gasteiger partial charge in [0, 0.05) is 17.1 Å². The van der Waals surface area contributed by atoms with Gasteiger partial charge >= 0.3 is 0 Å². The van der Waals surface area contributed by atoms with Gasteiger partial charge in [-0.3, -0.25) is 4.79 Å². The minimum Gasteiger partial charge on any atom is -0.488 e. The summed E-state index contributed by atoms with van der Waals surface area (Å²) in [5, 5.41) is 0.717. The van der Waals surface area contributed by atoms with E-state index in [0.717, 1.165) is 42.3 Å². The summed E-state index contributed by atoms with van der Waals surface area (Å²) in [4.78, 5) is 16.5. The van der Waals surface area contributed by atoms with Crippen molar-refractivity contribution < 1.29 is 9.53 Å². The Morgan fingerprint density at radius 3 is 2.76 bits per heavy atom. The van der Waals surface area contributed by atoms with Crippen LogP contribution in [0.15, 0.2) is 12.1 Å². The molecule has 1 saturated carbocycles. The summed E-state index contributed by atoms with van der Waals surface area (Å²) in [5.74, 6) is 2.04. The molecule has 1 amide bonds. The number of amides is 1. The van der Waals surface area contributed by atoms with Crippen LogP contribution in [0.25, 0.3) is 0 Å². The fourth-order valence-corrected chi connectivity index (χ4v) is 5.71. The molecule has 0 radical (unpaired) electrons. The van der Waals surface area contributed by atoms with Crippen LogP contribution in [0.5, 0.6) is 5.75 Å². The second-order valence-electron chi connectivity index (χ2n) is 8.16. The second kappa shape index (κ2) is 6.17. The van der Waals surface area contributed by atoms with E-state index in [4.69, 9.17) is 16.3 Å². The van der Waals surface area contributed by atoms with Crippen molar-refractivity contribution in [1.82, 2.24) is 4.90 Å². The summed E-state index contributed by atoms with van der Waals surface area (Å²) in [5.41, 5.74) is 2.11. The van der Waals surface area contributed by atoms with Gasteiger partial charge in [-0.15, -0.1) is 0 Å². The fourth-order valence-electron chi connectivity index (χ4n) is 5.49. The van der Waals surface area contributed by atoms with Crippen LogP contribution in [-0.4, -0.2) is 43.1 Å². The molecule has 1 aromatic rings. The number of anilines is 1. The zero-order valence-electron chi connectivity index (χ0n) is 14.5. The van der Waals surface area contributed by atoms with E-state index in [1.165, 1.54) is 44.3 Å². The molecule has 4 bridgehead atoms. The van der Waals surface area contributed by atoms with Gasteiger partial charge in [0.15, 0.2) is 0 Å². The van der Waals surface area contributed by atoms with Crippen molar-refractivity contribution in [3.8, 4) is 5.75 Å². The van der Waals surface area contributed by atoms with Gasteiger partial charge in [-0.25, -0.2) is 0 Å². The number of nitrogens with zero attached hydrogens (tertiary/aromatic N) is 2. The number of ether oxygens (including phenoxy) is 1. The Balaban J connectivity index is 1.56. The van der Waals surface area contributed by atoms with Crippen molar-refractivity contribution >= 4 is 23.7 Å². The molecule has 4 aliphatic heterocycles. The maximum Gasteiger partial charge on any atom is 0.214 e. The number of carbonyl (C=O) groups is 1. The standard InChI is InChI=1S/C20H25ClN2O2/c21-15-9-17-14-2-1-3-16(8-14)25-20(17)18(10-15)23(12-24)19-11-22-6-4-13(19)5-7-22/h9-10,12-14,16,19H,1-8,11H2/t14-,16+,19-/m1/s1. The van der Waals surface area contributed by atoms with Gasteiger partial charge < -0.3 is 14.5 Å². The van der Waals surface area contributed by atoms with E-state index in [0.29, 0.717) is 17.9 Å². The van der Waals surface area contributed by atoms with E-state index in [2.05, 4.69) is 11.0 Å². The average molecular weight is 361 g/mol. The molecule has 0 spiro atoms. The van der Waals surface area contributed by atoms with Gasteiger partial charge in [-0.05, 0) is 75.6 Å². The smallest absolute Gasteiger partial charge is 0.214 e. The van der Waals surface area contributed by atoms with E-state index in [1.54, 1.807) is 0 Å². The lowest BCUT2D eigenvalue weighted by Gasteiger charge is -2.48. The molecule has 3 atom stereocenters. The number of piperidine rings is 3. The van der Waals surface area contributed by atoms with Crippen LogP contribution < -0.4 is 9.64 Å². The highest BCUT2D eigenvalue weighted by Crippen LogP contribution is 2.50. The Bertz CT molecular complexity index is 687. The summed E-state index contributed by atoms with van der Waals surface area (Å²) in [6.45, 7) is 3.31. The fraction of sp³-hybridized carbons (Fsp3) is 0.650. The normalized spacial score (nSPS) is 35.6. The van der Waals surface area contributed by atoms with E-state index in [-0.39, 0.29) is 6.04 Å². The molecule has 3 saturated heterocycles. The van der Waals surface area contributed by atoms with E-state index in [9.17, 15) is 4.79 Å². The van der Waals surface area contributed by atoms with Crippen molar-refractivity contribution in [3.05, 3.63) is 22.7 Å². The van der Waals surface area contributed by atoms with E-state index >= 15 is 0 Å². The lowest BCUT2D eigenvalue weighted by molar-refractivity contribution is -0.108. The molecule has 4 nitrogen and oxygen atoms in total. The quantitative estimate of drug-likeness (QED) is 0.768. The van der Waals surface area contributed by atoms with Crippen LogP contribution >= 0.6 is 11.6 Å². The number of carbonyl (C=O) groups excluding carboxylic acids is 1. The van der Waals surface area contributed by atoms with Gasteiger partial charge in [0.2, 0.25) is 6.41 Å². The summed E-state index contributed by atoms with van der Waals surface area (Å²) in [7, 11) is 0. The Hall–Kier alpha value is -1.26. The van der Waals surface area contributed by atoms with Crippen molar-refractivity contribution in [2.75, 3.05) is 24.5 Å². The predicted octanol–water partition coefficient (Wildman–Crippen LogP) is 3.82. The maximum absolute atomic E-state index is 12.1. The minimum absolute atomic E-state index is 0.243. The minimum atomic E-state index is 0.243. The van der Waals surface area contributed by atoms with Crippen molar-refractivity contribution in [1.29, 1.82) is 0 Å².